The summed E-state index contributed by atoms with van der Waals surface area (Å²) in [4.78, 5) is 23.2. The van der Waals surface area contributed by atoms with Gasteiger partial charge in [0.15, 0.2) is 6.61 Å². The molecule has 30 heavy (non-hydrogen) atoms. The number of carbonyl (C=O) groups excluding carboxylic acids is 1. The smallest absolute Gasteiger partial charge is 0.260 e. The van der Waals surface area contributed by atoms with Gasteiger partial charge in [0.25, 0.3) is 5.91 Å². The van der Waals surface area contributed by atoms with E-state index in [2.05, 4.69) is 35.2 Å². The highest BCUT2D eigenvalue weighted by atomic mass is 16.5. The first-order valence-corrected chi connectivity index (χ1v) is 10.1. The summed E-state index contributed by atoms with van der Waals surface area (Å²) in [5.74, 6) is 0.733. The molecule has 156 valence electrons. The van der Waals surface area contributed by atoms with Crippen molar-refractivity contribution in [3.8, 4) is 5.88 Å². The molecule has 0 atom stereocenters. The summed E-state index contributed by atoms with van der Waals surface area (Å²) >= 11 is 0. The number of aromatic nitrogens is 2. The molecule has 1 N–H and O–H groups in total. The fourth-order valence-corrected chi connectivity index (χ4v) is 3.02. The number of hydrogen-bond acceptors (Lipinski definition) is 5. The standard InChI is InChI=1S/C24H28N4O2/c1-5-28(15-20-9-7-6-8-10-20)23(29)16-30-22-14-19(4)25-24(27-22)26-21-12-11-17(2)18(3)13-21/h6-14H,5,15-16H2,1-4H3,(H,25,26,27). The first-order valence-electron chi connectivity index (χ1n) is 10.1. The Morgan fingerprint density at radius 3 is 2.47 bits per heavy atom. The van der Waals surface area contributed by atoms with Gasteiger partial charge in [0.2, 0.25) is 11.8 Å². The van der Waals surface area contributed by atoms with Crippen molar-refractivity contribution in [3.05, 3.63) is 77.0 Å². The molecular formula is C24H28N4O2. The van der Waals surface area contributed by atoms with Crippen LogP contribution in [0, 0.1) is 20.8 Å². The highest BCUT2D eigenvalue weighted by molar-refractivity contribution is 5.77. The molecule has 0 aliphatic carbocycles. The number of benzene rings is 2. The van der Waals surface area contributed by atoms with Crippen molar-refractivity contribution in [2.75, 3.05) is 18.5 Å². The lowest BCUT2D eigenvalue weighted by Gasteiger charge is -2.21. The summed E-state index contributed by atoms with van der Waals surface area (Å²) in [6.45, 7) is 9.06. The van der Waals surface area contributed by atoms with Crippen molar-refractivity contribution < 1.29 is 9.53 Å². The van der Waals surface area contributed by atoms with Crippen molar-refractivity contribution in [1.82, 2.24) is 14.9 Å². The van der Waals surface area contributed by atoms with E-state index in [4.69, 9.17) is 4.74 Å². The van der Waals surface area contributed by atoms with E-state index in [1.165, 1.54) is 11.1 Å². The lowest BCUT2D eigenvalue weighted by molar-refractivity contribution is -0.133. The zero-order valence-corrected chi connectivity index (χ0v) is 18.0. The van der Waals surface area contributed by atoms with Gasteiger partial charge in [-0.1, -0.05) is 36.4 Å². The minimum atomic E-state index is -0.0821. The number of anilines is 2. The van der Waals surface area contributed by atoms with Crippen molar-refractivity contribution in [3.63, 3.8) is 0 Å². The second-order valence-corrected chi connectivity index (χ2v) is 7.28. The third-order valence-corrected chi connectivity index (χ3v) is 4.89. The summed E-state index contributed by atoms with van der Waals surface area (Å²) in [7, 11) is 0. The number of hydrogen-bond donors (Lipinski definition) is 1. The van der Waals surface area contributed by atoms with E-state index < -0.39 is 0 Å². The number of amides is 1. The van der Waals surface area contributed by atoms with Crippen LogP contribution in [0.5, 0.6) is 5.88 Å². The van der Waals surface area contributed by atoms with Crippen LogP contribution in [0.2, 0.25) is 0 Å². The van der Waals surface area contributed by atoms with E-state index in [0.29, 0.717) is 24.9 Å². The van der Waals surface area contributed by atoms with Gasteiger partial charge in [0, 0.05) is 30.5 Å². The minimum absolute atomic E-state index is 0.0692. The molecule has 1 heterocycles. The van der Waals surface area contributed by atoms with Gasteiger partial charge in [-0.15, -0.1) is 0 Å². The molecule has 6 heteroatoms. The first-order chi connectivity index (χ1) is 14.4. The number of rotatable bonds is 8. The van der Waals surface area contributed by atoms with Crippen LogP contribution in [-0.2, 0) is 11.3 Å². The second-order valence-electron chi connectivity index (χ2n) is 7.28. The second kappa shape index (κ2) is 9.87. The molecule has 0 saturated carbocycles. The molecule has 3 rings (SSSR count). The molecule has 3 aromatic rings. The number of aryl methyl sites for hydroxylation is 3. The molecule has 0 unspecified atom stereocenters. The molecule has 2 aromatic carbocycles. The zero-order chi connectivity index (χ0) is 21.5. The Balaban J connectivity index is 1.64. The molecule has 0 radical (unpaired) electrons. The van der Waals surface area contributed by atoms with Crippen LogP contribution in [0.15, 0.2) is 54.6 Å². The lowest BCUT2D eigenvalue weighted by atomic mass is 10.1. The molecule has 6 nitrogen and oxygen atoms in total. The van der Waals surface area contributed by atoms with Crippen LogP contribution < -0.4 is 10.1 Å². The van der Waals surface area contributed by atoms with Crippen LogP contribution in [0.25, 0.3) is 0 Å². The van der Waals surface area contributed by atoms with Gasteiger partial charge in [-0.3, -0.25) is 4.79 Å². The third-order valence-electron chi connectivity index (χ3n) is 4.89. The topological polar surface area (TPSA) is 67.4 Å². The fraction of sp³-hybridized carbons (Fsp3) is 0.292. The van der Waals surface area contributed by atoms with E-state index in [0.717, 1.165) is 16.9 Å². The fourth-order valence-electron chi connectivity index (χ4n) is 3.02. The molecule has 0 saturated heterocycles. The van der Waals surface area contributed by atoms with E-state index in [1.807, 2.05) is 56.3 Å². The Hall–Kier alpha value is -3.41. The largest absolute Gasteiger partial charge is 0.467 e. The maximum atomic E-state index is 12.6. The average molecular weight is 405 g/mol. The van der Waals surface area contributed by atoms with Crippen LogP contribution >= 0.6 is 0 Å². The number of nitrogens with zero attached hydrogens (tertiary/aromatic N) is 3. The number of likely N-dealkylation sites (N-methyl/N-ethyl adjacent to an activating group) is 1. The SMILES string of the molecule is CCN(Cc1ccccc1)C(=O)COc1cc(C)nc(Nc2ccc(C)c(C)c2)n1. The predicted octanol–water partition coefficient (Wildman–Crippen LogP) is 4.57. The van der Waals surface area contributed by atoms with E-state index in [-0.39, 0.29) is 12.5 Å². The van der Waals surface area contributed by atoms with Crippen molar-refractivity contribution in [2.24, 2.45) is 0 Å². The molecule has 0 bridgehead atoms. The molecule has 0 aliphatic rings. The van der Waals surface area contributed by atoms with E-state index >= 15 is 0 Å². The van der Waals surface area contributed by atoms with Gasteiger partial charge in [-0.2, -0.15) is 4.98 Å². The lowest BCUT2D eigenvalue weighted by Crippen LogP contribution is -2.34. The van der Waals surface area contributed by atoms with Crippen LogP contribution in [0.4, 0.5) is 11.6 Å². The Labute approximate surface area is 177 Å². The van der Waals surface area contributed by atoms with Gasteiger partial charge in [0.05, 0.1) is 0 Å². The average Bonchev–Trinajstić information content (AvgIpc) is 2.73. The van der Waals surface area contributed by atoms with Crippen molar-refractivity contribution in [1.29, 1.82) is 0 Å². The van der Waals surface area contributed by atoms with E-state index in [1.54, 1.807) is 11.0 Å². The summed E-state index contributed by atoms with van der Waals surface area (Å²) in [6.07, 6.45) is 0. The maximum absolute atomic E-state index is 12.6. The number of carbonyl (C=O) groups is 1. The quantitative estimate of drug-likeness (QED) is 0.596. The highest BCUT2D eigenvalue weighted by Crippen LogP contribution is 2.19. The van der Waals surface area contributed by atoms with Gasteiger partial charge < -0.3 is 15.0 Å². The van der Waals surface area contributed by atoms with Gasteiger partial charge >= 0.3 is 0 Å². The Morgan fingerprint density at radius 2 is 1.77 bits per heavy atom. The van der Waals surface area contributed by atoms with Gasteiger partial charge in [-0.05, 0) is 56.5 Å². The molecule has 1 amide bonds. The number of ether oxygens (including phenoxy) is 1. The predicted molar refractivity (Wildman–Crippen MR) is 119 cm³/mol. The summed E-state index contributed by atoms with van der Waals surface area (Å²) in [5.41, 5.74) is 5.17. The highest BCUT2D eigenvalue weighted by Gasteiger charge is 2.14. The molecule has 0 spiro atoms. The first kappa shape index (κ1) is 21.3. The summed E-state index contributed by atoms with van der Waals surface area (Å²) < 4.78 is 5.71. The monoisotopic (exact) mass is 404 g/mol. The number of nitrogens with one attached hydrogen (secondary N) is 1. The third kappa shape index (κ3) is 5.80. The summed E-state index contributed by atoms with van der Waals surface area (Å²) in [5, 5.41) is 3.21. The van der Waals surface area contributed by atoms with Gasteiger partial charge in [0.1, 0.15) is 0 Å². The molecular weight excluding hydrogens is 376 g/mol. The Bertz CT molecular complexity index is 1010. The molecule has 1 aromatic heterocycles. The Kier molecular flexibility index (Phi) is 7.01. The van der Waals surface area contributed by atoms with Gasteiger partial charge in [-0.25, -0.2) is 4.98 Å². The van der Waals surface area contributed by atoms with Crippen LogP contribution in [-0.4, -0.2) is 33.9 Å². The van der Waals surface area contributed by atoms with Crippen LogP contribution in [0.3, 0.4) is 0 Å². The normalized spacial score (nSPS) is 10.5. The van der Waals surface area contributed by atoms with E-state index in [9.17, 15) is 4.79 Å². The molecule has 0 aliphatic heterocycles. The zero-order valence-electron chi connectivity index (χ0n) is 18.0. The van der Waals surface area contributed by atoms with Crippen molar-refractivity contribution in [2.45, 2.75) is 34.2 Å². The molecule has 0 fully saturated rings. The Morgan fingerprint density at radius 1 is 1.00 bits per heavy atom. The minimum Gasteiger partial charge on any atom is -0.467 e. The maximum Gasteiger partial charge on any atom is 0.260 e. The van der Waals surface area contributed by atoms with Crippen LogP contribution in [0.1, 0.15) is 29.3 Å². The van der Waals surface area contributed by atoms with Crippen molar-refractivity contribution >= 4 is 17.5 Å². The summed E-state index contributed by atoms with van der Waals surface area (Å²) in [6, 6.07) is 17.7.